The Hall–Kier alpha value is 0.0169. The summed E-state index contributed by atoms with van der Waals surface area (Å²) >= 11 is 0. The summed E-state index contributed by atoms with van der Waals surface area (Å²) in [5, 5.41) is 0. The van der Waals surface area contributed by atoms with E-state index in [1.165, 1.54) is 0 Å². The molecule has 6 heteroatoms. The molecule has 1 aliphatic rings. The molecule has 126 valence electrons. The van der Waals surface area contributed by atoms with Gasteiger partial charge < -0.3 is 22.8 Å². The van der Waals surface area contributed by atoms with Crippen LogP contribution in [0.1, 0.15) is 53.4 Å². The second-order valence-corrected chi connectivity index (χ2v) is 8.14. The molecule has 0 aliphatic carbocycles. The fourth-order valence-electron chi connectivity index (χ4n) is 1.94. The molecule has 1 fully saturated rings. The first kappa shape index (κ1) is 19.1. The number of hydrogen-bond donors (Lipinski definition) is 0. The largest absolute Gasteiger partial charge is 0.501 e. The Bertz CT molecular complexity index is 243. The Labute approximate surface area is 130 Å². The number of epoxide rings is 1. The van der Waals surface area contributed by atoms with E-state index in [9.17, 15) is 0 Å². The van der Waals surface area contributed by atoms with Crippen molar-refractivity contribution in [3.63, 3.8) is 0 Å². The summed E-state index contributed by atoms with van der Waals surface area (Å²) in [6.07, 6.45) is 4.05. The van der Waals surface area contributed by atoms with Crippen molar-refractivity contribution in [1.82, 2.24) is 0 Å². The molecule has 1 rings (SSSR count). The topological polar surface area (TPSA) is 49.5 Å². The SMILES string of the molecule is CCCO[Si](CCCOC1OC1C)(OCCC)OCCC. The van der Waals surface area contributed by atoms with Crippen LogP contribution in [0.15, 0.2) is 0 Å². The molecular weight excluding hydrogens is 288 g/mol. The summed E-state index contributed by atoms with van der Waals surface area (Å²) in [6, 6.07) is 0.814. The minimum Gasteiger partial charge on any atom is -0.373 e. The molecule has 0 aromatic heterocycles. The fourth-order valence-corrected chi connectivity index (χ4v) is 4.75. The quantitative estimate of drug-likeness (QED) is 0.279. The summed E-state index contributed by atoms with van der Waals surface area (Å²) in [4.78, 5) is 0. The minimum absolute atomic E-state index is 0.00857. The van der Waals surface area contributed by atoms with Crippen molar-refractivity contribution in [2.45, 2.75) is 71.8 Å². The third-order valence-corrected chi connectivity index (χ3v) is 6.04. The van der Waals surface area contributed by atoms with Crippen molar-refractivity contribution >= 4 is 8.80 Å². The van der Waals surface area contributed by atoms with Gasteiger partial charge in [-0.15, -0.1) is 0 Å². The molecule has 0 amide bonds. The van der Waals surface area contributed by atoms with Crippen LogP contribution in [-0.4, -0.2) is 47.6 Å². The van der Waals surface area contributed by atoms with Crippen LogP contribution in [0, 0.1) is 0 Å². The highest BCUT2D eigenvalue weighted by molar-refractivity contribution is 6.60. The van der Waals surface area contributed by atoms with E-state index in [1.54, 1.807) is 0 Å². The van der Waals surface area contributed by atoms with Crippen LogP contribution >= 0.6 is 0 Å². The normalized spacial score (nSPS) is 21.7. The predicted octanol–water partition coefficient (Wildman–Crippen LogP) is 3.36. The van der Waals surface area contributed by atoms with Gasteiger partial charge in [0.1, 0.15) is 6.10 Å². The van der Waals surface area contributed by atoms with Crippen molar-refractivity contribution < 1.29 is 22.8 Å². The maximum atomic E-state index is 6.03. The van der Waals surface area contributed by atoms with Gasteiger partial charge in [-0.3, -0.25) is 0 Å². The smallest absolute Gasteiger partial charge is 0.373 e. The molecule has 1 aliphatic heterocycles. The van der Waals surface area contributed by atoms with E-state index in [2.05, 4.69) is 20.8 Å². The van der Waals surface area contributed by atoms with Crippen LogP contribution in [-0.2, 0) is 22.8 Å². The number of ether oxygens (including phenoxy) is 2. The molecule has 0 aromatic carbocycles. The lowest BCUT2D eigenvalue weighted by atomic mass is 10.5. The Morgan fingerprint density at radius 1 is 0.857 bits per heavy atom. The van der Waals surface area contributed by atoms with E-state index in [4.69, 9.17) is 22.8 Å². The zero-order valence-corrected chi connectivity index (χ0v) is 15.1. The molecule has 0 aromatic rings. The van der Waals surface area contributed by atoms with Gasteiger partial charge >= 0.3 is 8.80 Å². The van der Waals surface area contributed by atoms with Crippen LogP contribution in [0.4, 0.5) is 0 Å². The molecule has 2 atom stereocenters. The van der Waals surface area contributed by atoms with Gasteiger partial charge in [0.25, 0.3) is 0 Å². The first-order chi connectivity index (χ1) is 10.2. The molecular formula is C15H32O5Si. The highest BCUT2D eigenvalue weighted by Crippen LogP contribution is 2.24. The van der Waals surface area contributed by atoms with E-state index in [0.717, 1.165) is 31.7 Å². The zero-order chi connectivity index (χ0) is 15.6. The van der Waals surface area contributed by atoms with Crippen LogP contribution in [0.2, 0.25) is 6.04 Å². The number of rotatable bonds is 14. The van der Waals surface area contributed by atoms with Gasteiger partial charge in [0.2, 0.25) is 0 Å². The molecule has 0 saturated carbocycles. The minimum atomic E-state index is -2.55. The van der Waals surface area contributed by atoms with Crippen LogP contribution in [0.5, 0.6) is 0 Å². The van der Waals surface area contributed by atoms with Gasteiger partial charge in [-0.25, -0.2) is 0 Å². The molecule has 21 heavy (non-hydrogen) atoms. The van der Waals surface area contributed by atoms with Gasteiger partial charge in [0, 0.05) is 32.5 Å². The average Bonchev–Trinajstić information content (AvgIpc) is 3.20. The third-order valence-electron chi connectivity index (χ3n) is 3.14. The molecule has 0 N–H and O–H groups in total. The average molecular weight is 321 g/mol. The lowest BCUT2D eigenvalue weighted by Gasteiger charge is -2.29. The Morgan fingerprint density at radius 3 is 1.71 bits per heavy atom. The Kier molecular flexibility index (Phi) is 9.71. The first-order valence-electron chi connectivity index (χ1n) is 8.36. The molecule has 5 nitrogen and oxygen atoms in total. The standard InChI is InChI=1S/C15H32O5Si/c1-5-9-17-21(18-10-6-2,19-11-7-3)13-8-12-16-15-14(4)20-15/h14-15H,5-13H2,1-4H3. The van der Waals surface area contributed by atoms with Crippen molar-refractivity contribution in [2.24, 2.45) is 0 Å². The van der Waals surface area contributed by atoms with Crippen LogP contribution in [0.3, 0.4) is 0 Å². The van der Waals surface area contributed by atoms with Gasteiger partial charge in [-0.1, -0.05) is 20.8 Å². The molecule has 0 spiro atoms. The highest BCUT2D eigenvalue weighted by Gasteiger charge is 2.41. The maximum Gasteiger partial charge on any atom is 0.501 e. The van der Waals surface area contributed by atoms with Gasteiger partial charge in [-0.05, 0) is 32.6 Å². The third kappa shape index (κ3) is 7.72. The Balaban J connectivity index is 2.40. The van der Waals surface area contributed by atoms with E-state index >= 15 is 0 Å². The molecule has 1 heterocycles. The first-order valence-corrected chi connectivity index (χ1v) is 10.3. The van der Waals surface area contributed by atoms with E-state index < -0.39 is 8.80 Å². The second-order valence-electron chi connectivity index (χ2n) is 5.41. The summed E-state index contributed by atoms with van der Waals surface area (Å²) in [5.41, 5.74) is 0. The van der Waals surface area contributed by atoms with Gasteiger partial charge in [-0.2, -0.15) is 0 Å². The van der Waals surface area contributed by atoms with E-state index in [1.807, 2.05) is 6.92 Å². The van der Waals surface area contributed by atoms with Gasteiger partial charge in [0.05, 0.1) is 0 Å². The summed E-state index contributed by atoms with van der Waals surface area (Å²) in [5.74, 6) is 0. The second kappa shape index (κ2) is 10.7. The lowest BCUT2D eigenvalue weighted by molar-refractivity contribution is 0.0378. The van der Waals surface area contributed by atoms with Crippen molar-refractivity contribution in [2.75, 3.05) is 26.4 Å². The summed E-state index contributed by atoms with van der Waals surface area (Å²) < 4.78 is 28.9. The predicted molar refractivity (Wildman–Crippen MR) is 84.2 cm³/mol. The van der Waals surface area contributed by atoms with Crippen LogP contribution in [0.25, 0.3) is 0 Å². The molecule has 2 unspecified atom stereocenters. The lowest BCUT2D eigenvalue weighted by Crippen LogP contribution is -2.46. The maximum absolute atomic E-state index is 6.03. The molecule has 1 saturated heterocycles. The summed E-state index contributed by atoms with van der Waals surface area (Å²) in [6.45, 7) is 11.1. The van der Waals surface area contributed by atoms with E-state index in [-0.39, 0.29) is 12.4 Å². The zero-order valence-electron chi connectivity index (χ0n) is 14.1. The van der Waals surface area contributed by atoms with Crippen LogP contribution < -0.4 is 0 Å². The fraction of sp³-hybridized carbons (Fsp3) is 1.00. The van der Waals surface area contributed by atoms with Crippen molar-refractivity contribution in [3.05, 3.63) is 0 Å². The van der Waals surface area contributed by atoms with Crippen molar-refractivity contribution in [3.8, 4) is 0 Å². The number of hydrogen-bond acceptors (Lipinski definition) is 5. The molecule has 0 radical (unpaired) electrons. The molecule has 0 bridgehead atoms. The monoisotopic (exact) mass is 320 g/mol. The van der Waals surface area contributed by atoms with E-state index in [0.29, 0.717) is 26.4 Å². The van der Waals surface area contributed by atoms with Gasteiger partial charge in [0.15, 0.2) is 6.29 Å². The Morgan fingerprint density at radius 2 is 1.33 bits per heavy atom. The highest BCUT2D eigenvalue weighted by atomic mass is 28.4. The van der Waals surface area contributed by atoms with Crippen molar-refractivity contribution in [1.29, 1.82) is 0 Å². The summed E-state index contributed by atoms with van der Waals surface area (Å²) in [7, 11) is -2.55.